The van der Waals surface area contributed by atoms with E-state index in [1.54, 1.807) is 13.3 Å². The number of aryl methyl sites for hydroxylation is 2. The van der Waals surface area contributed by atoms with Gasteiger partial charge in [-0.3, -0.25) is 9.78 Å². The Labute approximate surface area is 205 Å². The lowest BCUT2D eigenvalue weighted by molar-refractivity contribution is -0.123. The van der Waals surface area contributed by atoms with Crippen molar-refractivity contribution in [2.24, 2.45) is 5.41 Å². The molecular formula is C26H31N5O2S. The van der Waals surface area contributed by atoms with Gasteiger partial charge in [0.2, 0.25) is 5.91 Å². The van der Waals surface area contributed by atoms with Gasteiger partial charge in [0.25, 0.3) is 0 Å². The average molecular weight is 478 g/mol. The number of ether oxygens (including phenoxy) is 1. The van der Waals surface area contributed by atoms with Crippen molar-refractivity contribution in [3.05, 3.63) is 71.3 Å². The Morgan fingerprint density at radius 1 is 1.18 bits per heavy atom. The van der Waals surface area contributed by atoms with Crippen molar-refractivity contribution in [3.63, 3.8) is 0 Å². The van der Waals surface area contributed by atoms with E-state index < -0.39 is 5.41 Å². The van der Waals surface area contributed by atoms with Gasteiger partial charge < -0.3 is 25.3 Å². The van der Waals surface area contributed by atoms with Crippen LogP contribution in [0, 0.1) is 19.3 Å². The number of aromatic nitrogens is 2. The molecule has 0 spiro atoms. The zero-order chi connectivity index (χ0) is 24.6. The first-order valence-electron chi connectivity index (χ1n) is 11.3. The molecule has 1 aliphatic rings. The number of anilines is 2. The Kier molecular flexibility index (Phi) is 6.36. The maximum atomic E-state index is 12.6. The fourth-order valence-electron chi connectivity index (χ4n) is 4.24. The van der Waals surface area contributed by atoms with Gasteiger partial charge in [-0.25, -0.2) is 0 Å². The van der Waals surface area contributed by atoms with Crippen molar-refractivity contribution in [3.8, 4) is 5.75 Å². The van der Waals surface area contributed by atoms with Gasteiger partial charge in [0.05, 0.1) is 30.6 Å². The van der Waals surface area contributed by atoms with Crippen molar-refractivity contribution in [1.82, 2.24) is 15.3 Å². The molecule has 2 aromatic heterocycles. The number of nitrogens with one attached hydrogen (secondary N) is 3. The van der Waals surface area contributed by atoms with Crippen molar-refractivity contribution in [2.45, 2.75) is 46.7 Å². The molecule has 1 aliphatic heterocycles. The summed E-state index contributed by atoms with van der Waals surface area (Å²) in [4.78, 5) is 22.7. The van der Waals surface area contributed by atoms with E-state index in [4.69, 9.17) is 17.0 Å². The molecular weight excluding hydrogens is 446 g/mol. The standard InChI is InChI=1S/C26H31N5O2S/c1-15-13-18(16(2)28-15)23-22(20-9-7-8-12-27-20)30-25(34)31(23)17-10-11-19(21(14-17)33-6)29-24(32)26(3,4)5/h7-14,22-23,28H,1-6H3,(H,29,32)(H,30,34)/t22-,23+/m1/s1. The summed E-state index contributed by atoms with van der Waals surface area (Å²) in [6.45, 7) is 9.75. The Bertz CT molecular complexity index is 1220. The summed E-state index contributed by atoms with van der Waals surface area (Å²) in [6, 6.07) is 13.5. The predicted molar refractivity (Wildman–Crippen MR) is 139 cm³/mol. The van der Waals surface area contributed by atoms with Crippen LogP contribution in [0.2, 0.25) is 0 Å². The van der Waals surface area contributed by atoms with Crippen molar-refractivity contribution in [1.29, 1.82) is 0 Å². The van der Waals surface area contributed by atoms with Crippen LogP contribution in [0.1, 0.15) is 55.5 Å². The molecule has 0 saturated carbocycles. The number of rotatable bonds is 5. The van der Waals surface area contributed by atoms with Gasteiger partial charge in [-0.1, -0.05) is 26.8 Å². The van der Waals surface area contributed by atoms with E-state index in [1.165, 1.54) is 0 Å². The summed E-state index contributed by atoms with van der Waals surface area (Å²) in [5.74, 6) is 0.489. The Morgan fingerprint density at radius 3 is 2.53 bits per heavy atom. The molecule has 3 N–H and O–H groups in total. The Hall–Kier alpha value is -3.39. The summed E-state index contributed by atoms with van der Waals surface area (Å²) in [6.07, 6.45) is 1.80. The zero-order valence-corrected chi connectivity index (χ0v) is 21.2. The van der Waals surface area contributed by atoms with E-state index in [-0.39, 0.29) is 18.0 Å². The second kappa shape index (κ2) is 9.10. The Morgan fingerprint density at radius 2 is 1.94 bits per heavy atom. The third-order valence-corrected chi connectivity index (χ3v) is 6.31. The lowest BCUT2D eigenvalue weighted by Crippen LogP contribution is -2.30. The van der Waals surface area contributed by atoms with E-state index >= 15 is 0 Å². The minimum absolute atomic E-state index is 0.0802. The lowest BCUT2D eigenvalue weighted by Gasteiger charge is -2.28. The van der Waals surface area contributed by atoms with Gasteiger partial charge >= 0.3 is 0 Å². The molecule has 4 rings (SSSR count). The van der Waals surface area contributed by atoms with Crippen LogP contribution in [-0.4, -0.2) is 28.1 Å². The number of aromatic amines is 1. The topological polar surface area (TPSA) is 82.3 Å². The van der Waals surface area contributed by atoms with Gasteiger partial charge in [0, 0.05) is 34.8 Å². The summed E-state index contributed by atoms with van der Waals surface area (Å²) in [7, 11) is 1.60. The minimum atomic E-state index is -0.519. The van der Waals surface area contributed by atoms with Crippen molar-refractivity contribution in [2.75, 3.05) is 17.3 Å². The van der Waals surface area contributed by atoms with Crippen LogP contribution in [0.4, 0.5) is 11.4 Å². The molecule has 1 fully saturated rings. The number of hydrogen-bond acceptors (Lipinski definition) is 4. The molecule has 0 radical (unpaired) electrons. The van der Waals surface area contributed by atoms with Gasteiger partial charge in [-0.15, -0.1) is 0 Å². The van der Waals surface area contributed by atoms with E-state index in [0.717, 1.165) is 28.3 Å². The maximum absolute atomic E-state index is 12.6. The highest BCUT2D eigenvalue weighted by molar-refractivity contribution is 7.80. The quantitative estimate of drug-likeness (QED) is 0.439. The summed E-state index contributed by atoms with van der Waals surface area (Å²) in [5.41, 5.74) is 5.19. The monoisotopic (exact) mass is 477 g/mol. The number of pyridine rings is 1. The minimum Gasteiger partial charge on any atom is -0.494 e. The highest BCUT2D eigenvalue weighted by atomic mass is 32.1. The van der Waals surface area contributed by atoms with Crippen LogP contribution in [0.5, 0.6) is 5.75 Å². The van der Waals surface area contributed by atoms with E-state index in [0.29, 0.717) is 16.5 Å². The largest absolute Gasteiger partial charge is 0.494 e. The second-order valence-corrected chi connectivity index (χ2v) is 10.0. The van der Waals surface area contributed by atoms with Crippen LogP contribution in [0.15, 0.2) is 48.7 Å². The smallest absolute Gasteiger partial charge is 0.229 e. The number of nitrogens with zero attached hydrogens (tertiary/aromatic N) is 2. The molecule has 8 heteroatoms. The molecule has 3 heterocycles. The second-order valence-electron chi connectivity index (χ2n) is 9.62. The zero-order valence-electron chi connectivity index (χ0n) is 20.4. The first-order chi connectivity index (χ1) is 16.1. The molecule has 0 bridgehead atoms. The number of thiocarbonyl (C=S) groups is 1. The average Bonchev–Trinajstić information content (AvgIpc) is 3.31. The first-order valence-corrected chi connectivity index (χ1v) is 11.7. The molecule has 0 aliphatic carbocycles. The van der Waals surface area contributed by atoms with Crippen molar-refractivity contribution >= 4 is 34.6 Å². The van der Waals surface area contributed by atoms with Crippen LogP contribution < -0.4 is 20.3 Å². The molecule has 34 heavy (non-hydrogen) atoms. The Balaban J connectivity index is 1.78. The fourth-order valence-corrected chi connectivity index (χ4v) is 4.59. The van der Waals surface area contributed by atoms with Crippen molar-refractivity contribution < 1.29 is 9.53 Å². The van der Waals surface area contributed by atoms with Crippen LogP contribution in [-0.2, 0) is 4.79 Å². The third kappa shape index (κ3) is 4.50. The molecule has 1 saturated heterocycles. The number of hydrogen-bond donors (Lipinski definition) is 3. The van der Waals surface area contributed by atoms with E-state index in [2.05, 4.69) is 38.5 Å². The highest BCUT2D eigenvalue weighted by Crippen LogP contribution is 2.44. The number of H-pyrrole nitrogens is 1. The number of carbonyl (C=O) groups excluding carboxylic acids is 1. The molecule has 1 amide bonds. The SMILES string of the molecule is COc1cc(N2C(=S)N[C@H](c3ccccn3)[C@@H]2c2cc(C)[nH]c2C)ccc1NC(=O)C(C)(C)C. The molecule has 1 aromatic carbocycles. The van der Waals surface area contributed by atoms with Crippen LogP contribution in [0.3, 0.4) is 0 Å². The number of amides is 1. The van der Waals surface area contributed by atoms with Gasteiger partial charge in [-0.05, 0) is 62.0 Å². The van der Waals surface area contributed by atoms with Gasteiger partial charge in [-0.2, -0.15) is 0 Å². The maximum Gasteiger partial charge on any atom is 0.229 e. The predicted octanol–water partition coefficient (Wildman–Crippen LogP) is 5.20. The normalized spacial score (nSPS) is 18.1. The van der Waals surface area contributed by atoms with Gasteiger partial charge in [0.15, 0.2) is 5.11 Å². The molecule has 3 aromatic rings. The molecule has 178 valence electrons. The summed E-state index contributed by atoms with van der Waals surface area (Å²) >= 11 is 5.82. The first kappa shape index (κ1) is 23.8. The number of methoxy groups -OCH3 is 1. The van der Waals surface area contributed by atoms with E-state index in [1.807, 2.05) is 64.1 Å². The van der Waals surface area contributed by atoms with Crippen LogP contribution >= 0.6 is 12.2 Å². The molecule has 0 unspecified atom stereocenters. The van der Waals surface area contributed by atoms with Gasteiger partial charge in [0.1, 0.15) is 5.75 Å². The fraction of sp³-hybridized carbons (Fsp3) is 0.346. The number of benzene rings is 1. The summed E-state index contributed by atoms with van der Waals surface area (Å²) < 4.78 is 5.65. The highest BCUT2D eigenvalue weighted by Gasteiger charge is 2.42. The van der Waals surface area contributed by atoms with Crippen LogP contribution in [0.25, 0.3) is 0 Å². The number of carbonyl (C=O) groups is 1. The summed E-state index contributed by atoms with van der Waals surface area (Å²) in [5, 5.41) is 7.06. The molecule has 7 nitrogen and oxygen atoms in total. The third-order valence-electron chi connectivity index (χ3n) is 6.00. The van der Waals surface area contributed by atoms with E-state index in [9.17, 15) is 4.79 Å². The lowest BCUT2D eigenvalue weighted by atomic mass is 9.95. The molecule has 2 atom stereocenters.